The molecule has 2 aromatic rings. The van der Waals surface area contributed by atoms with Crippen LogP contribution in [0.15, 0.2) is 48.8 Å². The van der Waals surface area contributed by atoms with Crippen LogP contribution in [0.2, 0.25) is 0 Å². The van der Waals surface area contributed by atoms with Gasteiger partial charge in [-0.1, -0.05) is 12.1 Å². The van der Waals surface area contributed by atoms with Crippen LogP contribution in [0.4, 0.5) is 5.69 Å². The quantitative estimate of drug-likeness (QED) is 0.891. The van der Waals surface area contributed by atoms with E-state index in [0.29, 0.717) is 6.61 Å². The number of ether oxygens (including phenoxy) is 1. The van der Waals surface area contributed by atoms with Crippen molar-refractivity contribution in [2.75, 3.05) is 18.4 Å². The molecule has 1 aromatic heterocycles. The molecular weight excluding hydrogens is 290 g/mol. The molecule has 1 aliphatic heterocycles. The molecule has 0 saturated carbocycles. The summed E-state index contributed by atoms with van der Waals surface area (Å²) in [5.41, 5.74) is 1.79. The number of nitrogens with zero attached hydrogens (tertiary/aromatic N) is 1. The topological polar surface area (TPSA) is 63.2 Å². The maximum atomic E-state index is 12.3. The van der Waals surface area contributed by atoms with Gasteiger partial charge in [0.15, 0.2) is 0 Å². The van der Waals surface area contributed by atoms with E-state index in [9.17, 15) is 4.79 Å². The zero-order valence-electron chi connectivity index (χ0n) is 13.0. The maximum absolute atomic E-state index is 12.3. The first-order valence-electron chi connectivity index (χ1n) is 7.94. The van der Waals surface area contributed by atoms with Crippen molar-refractivity contribution in [3.8, 4) is 5.75 Å². The molecule has 1 aromatic carbocycles. The lowest BCUT2D eigenvalue weighted by atomic mass is 9.97. The van der Waals surface area contributed by atoms with Crippen LogP contribution in [-0.2, 0) is 11.4 Å². The van der Waals surface area contributed by atoms with Crippen molar-refractivity contribution < 1.29 is 9.53 Å². The van der Waals surface area contributed by atoms with Gasteiger partial charge in [0.25, 0.3) is 0 Å². The van der Waals surface area contributed by atoms with Gasteiger partial charge in [-0.3, -0.25) is 9.78 Å². The van der Waals surface area contributed by atoms with Crippen LogP contribution in [0.3, 0.4) is 0 Å². The molecule has 1 aliphatic rings. The molecule has 0 spiro atoms. The Labute approximate surface area is 136 Å². The average Bonchev–Trinajstić information content (AvgIpc) is 2.62. The summed E-state index contributed by atoms with van der Waals surface area (Å²) < 4.78 is 5.76. The molecule has 0 bridgehead atoms. The summed E-state index contributed by atoms with van der Waals surface area (Å²) in [5, 5.41) is 6.26. The number of aromatic nitrogens is 1. The van der Waals surface area contributed by atoms with E-state index < -0.39 is 0 Å². The summed E-state index contributed by atoms with van der Waals surface area (Å²) in [6, 6.07) is 11.4. The SMILES string of the molecule is O=C(Nc1cccc(OCc2cccnc2)c1)C1CCNCC1. The Morgan fingerprint density at radius 1 is 1.26 bits per heavy atom. The normalized spacial score (nSPS) is 15.1. The minimum Gasteiger partial charge on any atom is -0.489 e. The molecule has 3 rings (SSSR count). The van der Waals surface area contributed by atoms with E-state index in [1.807, 2.05) is 36.4 Å². The third-order valence-electron chi connectivity index (χ3n) is 3.94. The number of carbonyl (C=O) groups excluding carboxylic acids is 1. The van der Waals surface area contributed by atoms with E-state index in [0.717, 1.165) is 42.9 Å². The highest BCUT2D eigenvalue weighted by Gasteiger charge is 2.20. The van der Waals surface area contributed by atoms with Gasteiger partial charge in [-0.05, 0) is 44.1 Å². The summed E-state index contributed by atoms with van der Waals surface area (Å²) in [4.78, 5) is 16.3. The zero-order chi connectivity index (χ0) is 15.9. The Bertz CT molecular complexity index is 640. The van der Waals surface area contributed by atoms with Gasteiger partial charge in [-0.25, -0.2) is 0 Å². The minimum absolute atomic E-state index is 0.0934. The summed E-state index contributed by atoms with van der Waals surface area (Å²) in [5.74, 6) is 0.920. The molecule has 5 heteroatoms. The van der Waals surface area contributed by atoms with Gasteiger partial charge in [0.1, 0.15) is 12.4 Å². The lowest BCUT2D eigenvalue weighted by Crippen LogP contribution is -2.34. The molecule has 0 atom stereocenters. The van der Waals surface area contributed by atoms with Crippen LogP contribution >= 0.6 is 0 Å². The number of hydrogen-bond acceptors (Lipinski definition) is 4. The Kier molecular flexibility index (Phi) is 5.21. The van der Waals surface area contributed by atoms with Crippen LogP contribution in [0, 0.1) is 5.92 Å². The number of pyridine rings is 1. The third-order valence-corrected chi connectivity index (χ3v) is 3.94. The number of piperidine rings is 1. The molecule has 1 saturated heterocycles. The lowest BCUT2D eigenvalue weighted by Gasteiger charge is -2.21. The van der Waals surface area contributed by atoms with Gasteiger partial charge in [0, 0.05) is 35.6 Å². The molecule has 120 valence electrons. The highest BCUT2D eigenvalue weighted by Crippen LogP contribution is 2.20. The smallest absolute Gasteiger partial charge is 0.227 e. The van der Waals surface area contributed by atoms with E-state index in [4.69, 9.17) is 4.74 Å². The maximum Gasteiger partial charge on any atom is 0.227 e. The van der Waals surface area contributed by atoms with Crippen molar-refractivity contribution in [2.45, 2.75) is 19.4 Å². The molecular formula is C18H21N3O2. The van der Waals surface area contributed by atoms with Crippen LogP contribution in [0.5, 0.6) is 5.75 Å². The van der Waals surface area contributed by atoms with Crippen LogP contribution in [0.25, 0.3) is 0 Å². The minimum atomic E-state index is 0.0934. The lowest BCUT2D eigenvalue weighted by molar-refractivity contribution is -0.120. The Balaban J connectivity index is 1.57. The Hall–Kier alpha value is -2.40. The summed E-state index contributed by atoms with van der Waals surface area (Å²) >= 11 is 0. The molecule has 1 fully saturated rings. The number of hydrogen-bond donors (Lipinski definition) is 2. The van der Waals surface area contributed by atoms with Crippen LogP contribution in [0.1, 0.15) is 18.4 Å². The van der Waals surface area contributed by atoms with Crippen LogP contribution in [-0.4, -0.2) is 24.0 Å². The van der Waals surface area contributed by atoms with Crippen molar-refractivity contribution in [3.63, 3.8) is 0 Å². The number of carbonyl (C=O) groups is 1. The van der Waals surface area contributed by atoms with Crippen molar-refractivity contribution in [3.05, 3.63) is 54.4 Å². The fourth-order valence-corrected chi connectivity index (χ4v) is 2.64. The first-order chi connectivity index (χ1) is 11.3. The standard InChI is InChI=1S/C18H21N3O2/c22-18(15-6-9-19-10-7-15)21-16-4-1-5-17(11-16)23-13-14-3-2-8-20-12-14/h1-5,8,11-12,15,19H,6-7,9-10,13H2,(H,21,22). The highest BCUT2D eigenvalue weighted by atomic mass is 16.5. The van der Waals surface area contributed by atoms with Crippen molar-refractivity contribution >= 4 is 11.6 Å². The fraction of sp³-hybridized carbons (Fsp3) is 0.333. The average molecular weight is 311 g/mol. The summed E-state index contributed by atoms with van der Waals surface area (Å²) in [6.07, 6.45) is 5.30. The molecule has 0 unspecified atom stereocenters. The highest BCUT2D eigenvalue weighted by molar-refractivity contribution is 5.92. The second kappa shape index (κ2) is 7.74. The van der Waals surface area contributed by atoms with E-state index in [1.54, 1.807) is 12.4 Å². The number of benzene rings is 1. The van der Waals surface area contributed by atoms with Gasteiger partial charge in [0.05, 0.1) is 0 Å². The number of nitrogens with one attached hydrogen (secondary N) is 2. The fourth-order valence-electron chi connectivity index (χ4n) is 2.64. The number of amides is 1. The van der Waals surface area contributed by atoms with Crippen LogP contribution < -0.4 is 15.4 Å². The monoisotopic (exact) mass is 311 g/mol. The van der Waals surface area contributed by atoms with Crippen molar-refractivity contribution in [1.29, 1.82) is 0 Å². The molecule has 2 heterocycles. The largest absolute Gasteiger partial charge is 0.489 e. The van der Waals surface area contributed by atoms with E-state index in [2.05, 4.69) is 15.6 Å². The first kappa shape index (κ1) is 15.5. The van der Waals surface area contributed by atoms with E-state index >= 15 is 0 Å². The van der Waals surface area contributed by atoms with Gasteiger partial charge < -0.3 is 15.4 Å². The summed E-state index contributed by atoms with van der Waals surface area (Å²) in [6.45, 7) is 2.28. The van der Waals surface area contributed by atoms with E-state index in [-0.39, 0.29) is 11.8 Å². The number of anilines is 1. The second-order valence-electron chi connectivity index (χ2n) is 5.69. The molecule has 0 radical (unpaired) electrons. The summed E-state index contributed by atoms with van der Waals surface area (Å²) in [7, 11) is 0. The predicted molar refractivity (Wildman–Crippen MR) is 89.2 cm³/mol. The van der Waals surface area contributed by atoms with Gasteiger partial charge >= 0.3 is 0 Å². The molecule has 23 heavy (non-hydrogen) atoms. The Morgan fingerprint density at radius 2 is 2.13 bits per heavy atom. The van der Waals surface area contributed by atoms with Crippen molar-refractivity contribution in [2.24, 2.45) is 5.92 Å². The predicted octanol–water partition coefficient (Wildman–Crippen LogP) is 2.60. The van der Waals surface area contributed by atoms with Crippen molar-refractivity contribution in [1.82, 2.24) is 10.3 Å². The van der Waals surface area contributed by atoms with Gasteiger partial charge in [0.2, 0.25) is 5.91 Å². The Morgan fingerprint density at radius 3 is 2.91 bits per heavy atom. The molecule has 2 N–H and O–H groups in total. The third kappa shape index (κ3) is 4.53. The zero-order valence-corrected chi connectivity index (χ0v) is 13.0. The number of rotatable bonds is 5. The first-order valence-corrected chi connectivity index (χ1v) is 7.94. The van der Waals surface area contributed by atoms with E-state index in [1.165, 1.54) is 0 Å². The molecule has 0 aliphatic carbocycles. The van der Waals surface area contributed by atoms with Gasteiger partial charge in [-0.2, -0.15) is 0 Å². The molecule has 1 amide bonds. The van der Waals surface area contributed by atoms with Gasteiger partial charge in [-0.15, -0.1) is 0 Å². The molecule has 5 nitrogen and oxygen atoms in total. The second-order valence-corrected chi connectivity index (χ2v) is 5.69.